The highest BCUT2D eigenvalue weighted by atomic mass is 19.3. The molecule has 1 aromatic heterocycles. The van der Waals surface area contributed by atoms with Crippen LogP contribution in [-0.4, -0.2) is 14.9 Å². The van der Waals surface area contributed by atoms with Crippen LogP contribution in [0.25, 0.3) is 0 Å². The molecule has 0 atom stereocenters. The predicted molar refractivity (Wildman–Crippen MR) is 47.8 cm³/mol. The monoisotopic (exact) mass is 194 g/mol. The minimum atomic E-state index is -2.68. The third-order valence-corrected chi connectivity index (χ3v) is 0.788. The number of hydrogen-bond acceptors (Lipinski definition) is 2. The zero-order valence-corrected chi connectivity index (χ0v) is 8.33. The highest BCUT2D eigenvalue weighted by molar-refractivity contribution is 5.08. The number of rotatable bonds is 1. The Balaban J connectivity index is 0. The molecule has 1 heterocycles. The maximum atomic E-state index is 11.6. The van der Waals surface area contributed by atoms with Crippen molar-refractivity contribution in [2.24, 2.45) is 0 Å². The van der Waals surface area contributed by atoms with Crippen molar-refractivity contribution in [2.75, 3.05) is 0 Å². The van der Waals surface area contributed by atoms with Gasteiger partial charge >= 0.3 is 6.55 Å². The van der Waals surface area contributed by atoms with Gasteiger partial charge in [-0.2, -0.15) is 13.9 Å². The molecule has 0 unspecified atom stereocenters. The molecule has 1 rings (SSSR count). The van der Waals surface area contributed by atoms with Gasteiger partial charge in [0.15, 0.2) is 5.75 Å². The molecular formula is C8H16F2N2O. The third-order valence-electron chi connectivity index (χ3n) is 0.788. The van der Waals surface area contributed by atoms with Gasteiger partial charge < -0.3 is 5.11 Å². The van der Waals surface area contributed by atoms with Crippen LogP contribution in [0, 0.1) is 0 Å². The molecule has 0 fully saturated rings. The molecule has 0 aliphatic carbocycles. The van der Waals surface area contributed by atoms with Crippen LogP contribution in [0.15, 0.2) is 12.4 Å². The van der Waals surface area contributed by atoms with Gasteiger partial charge in [-0.15, -0.1) is 0 Å². The first-order chi connectivity index (χ1) is 6.20. The van der Waals surface area contributed by atoms with Gasteiger partial charge in [0.1, 0.15) is 0 Å². The van der Waals surface area contributed by atoms with Crippen LogP contribution in [0.1, 0.15) is 34.2 Å². The molecule has 0 saturated carbocycles. The Morgan fingerprint density at radius 3 is 1.92 bits per heavy atom. The lowest BCUT2D eigenvalue weighted by Gasteiger charge is -1.93. The summed E-state index contributed by atoms with van der Waals surface area (Å²) < 4.78 is 23.5. The SMILES string of the molecule is CC.CC.Oc1cnn(C(F)F)c1. The van der Waals surface area contributed by atoms with Gasteiger partial charge in [0.25, 0.3) is 0 Å². The minimum Gasteiger partial charge on any atom is -0.505 e. The Morgan fingerprint density at radius 1 is 1.31 bits per heavy atom. The molecule has 0 saturated heterocycles. The van der Waals surface area contributed by atoms with Crippen molar-refractivity contribution in [3.63, 3.8) is 0 Å². The average molecular weight is 194 g/mol. The second-order valence-electron chi connectivity index (χ2n) is 1.46. The summed E-state index contributed by atoms with van der Waals surface area (Å²) in [5.41, 5.74) is 0. The molecule has 0 amide bonds. The quantitative estimate of drug-likeness (QED) is 0.746. The molecule has 0 aliphatic rings. The van der Waals surface area contributed by atoms with Crippen LogP contribution in [0.5, 0.6) is 5.75 Å². The molecule has 1 N–H and O–H groups in total. The van der Waals surface area contributed by atoms with E-state index in [0.29, 0.717) is 4.68 Å². The van der Waals surface area contributed by atoms with Crippen molar-refractivity contribution in [3.05, 3.63) is 12.4 Å². The van der Waals surface area contributed by atoms with E-state index >= 15 is 0 Å². The Kier molecular flexibility index (Phi) is 9.93. The highest BCUT2D eigenvalue weighted by Crippen LogP contribution is 2.12. The molecule has 0 spiro atoms. The maximum absolute atomic E-state index is 11.6. The summed E-state index contributed by atoms with van der Waals surface area (Å²) in [4.78, 5) is 0. The first kappa shape index (κ1) is 14.4. The number of alkyl halides is 2. The van der Waals surface area contributed by atoms with E-state index in [1.54, 1.807) is 0 Å². The van der Waals surface area contributed by atoms with Gasteiger partial charge in [0, 0.05) is 0 Å². The molecule has 0 bridgehead atoms. The molecule has 5 heteroatoms. The Labute approximate surface area is 77.0 Å². The van der Waals surface area contributed by atoms with E-state index in [-0.39, 0.29) is 5.75 Å². The minimum absolute atomic E-state index is 0.254. The van der Waals surface area contributed by atoms with Gasteiger partial charge in [-0.3, -0.25) is 0 Å². The third kappa shape index (κ3) is 6.07. The Morgan fingerprint density at radius 2 is 1.77 bits per heavy atom. The summed E-state index contributed by atoms with van der Waals surface area (Å²) in [6.07, 6.45) is 1.80. The van der Waals surface area contributed by atoms with Crippen LogP contribution in [-0.2, 0) is 0 Å². The number of nitrogens with zero attached hydrogens (tertiary/aromatic N) is 2. The van der Waals surface area contributed by atoms with E-state index in [1.165, 1.54) is 0 Å². The van der Waals surface area contributed by atoms with Crippen LogP contribution in [0.4, 0.5) is 8.78 Å². The summed E-state index contributed by atoms with van der Waals surface area (Å²) >= 11 is 0. The van der Waals surface area contributed by atoms with Gasteiger partial charge in [0.05, 0.1) is 12.4 Å². The number of aromatic nitrogens is 2. The summed E-state index contributed by atoms with van der Waals surface area (Å²) in [6.45, 7) is 5.32. The second kappa shape index (κ2) is 8.96. The largest absolute Gasteiger partial charge is 0.505 e. The molecule has 1 aromatic rings. The summed E-state index contributed by atoms with van der Waals surface area (Å²) in [5.74, 6) is -0.254. The Hall–Kier alpha value is -1.13. The van der Waals surface area contributed by atoms with Crippen molar-refractivity contribution in [1.29, 1.82) is 0 Å². The van der Waals surface area contributed by atoms with Crippen LogP contribution in [0.2, 0.25) is 0 Å². The first-order valence-electron chi connectivity index (χ1n) is 4.21. The van der Waals surface area contributed by atoms with E-state index in [9.17, 15) is 8.78 Å². The van der Waals surface area contributed by atoms with Crippen molar-refractivity contribution >= 4 is 0 Å². The number of hydrogen-bond donors (Lipinski definition) is 1. The van der Waals surface area contributed by atoms with Gasteiger partial charge in [-0.1, -0.05) is 27.7 Å². The van der Waals surface area contributed by atoms with Gasteiger partial charge in [-0.25, -0.2) is 4.68 Å². The van der Waals surface area contributed by atoms with Crippen LogP contribution < -0.4 is 0 Å². The molecule has 0 aliphatic heterocycles. The molecule has 13 heavy (non-hydrogen) atoms. The fraction of sp³-hybridized carbons (Fsp3) is 0.625. The van der Waals surface area contributed by atoms with E-state index in [4.69, 9.17) is 5.11 Å². The van der Waals surface area contributed by atoms with Crippen molar-refractivity contribution in [3.8, 4) is 5.75 Å². The zero-order valence-electron chi connectivity index (χ0n) is 8.33. The lowest BCUT2D eigenvalue weighted by Crippen LogP contribution is -1.96. The highest BCUT2D eigenvalue weighted by Gasteiger charge is 2.05. The molecule has 3 nitrogen and oxygen atoms in total. The Bertz CT molecular complexity index is 202. The summed E-state index contributed by atoms with van der Waals surface area (Å²) in [5, 5.41) is 11.6. The maximum Gasteiger partial charge on any atom is 0.333 e. The molecule has 0 radical (unpaired) electrons. The molecule has 78 valence electrons. The number of halogens is 2. The normalized spacial score (nSPS) is 8.23. The van der Waals surface area contributed by atoms with Crippen molar-refractivity contribution in [1.82, 2.24) is 9.78 Å². The number of aromatic hydroxyl groups is 1. The van der Waals surface area contributed by atoms with Crippen molar-refractivity contribution in [2.45, 2.75) is 34.2 Å². The zero-order chi connectivity index (χ0) is 10.9. The van der Waals surface area contributed by atoms with E-state index in [0.717, 1.165) is 12.4 Å². The van der Waals surface area contributed by atoms with Crippen LogP contribution >= 0.6 is 0 Å². The smallest absolute Gasteiger partial charge is 0.333 e. The topological polar surface area (TPSA) is 38.1 Å². The van der Waals surface area contributed by atoms with Gasteiger partial charge in [-0.05, 0) is 0 Å². The molecular weight excluding hydrogens is 178 g/mol. The average Bonchev–Trinajstić information content (AvgIpc) is 2.59. The second-order valence-corrected chi connectivity index (χ2v) is 1.46. The summed E-state index contributed by atoms with van der Waals surface area (Å²) in [6, 6.07) is 0. The predicted octanol–water partition coefficient (Wildman–Crippen LogP) is 3.04. The van der Waals surface area contributed by atoms with Crippen LogP contribution in [0.3, 0.4) is 0 Å². The fourth-order valence-electron chi connectivity index (χ4n) is 0.435. The lowest BCUT2D eigenvalue weighted by molar-refractivity contribution is 0.0563. The summed E-state index contributed by atoms with van der Waals surface area (Å²) in [7, 11) is 0. The lowest BCUT2D eigenvalue weighted by atomic mass is 10.7. The van der Waals surface area contributed by atoms with Gasteiger partial charge in [0.2, 0.25) is 0 Å². The first-order valence-corrected chi connectivity index (χ1v) is 4.21. The van der Waals surface area contributed by atoms with E-state index in [2.05, 4.69) is 5.10 Å². The molecule has 0 aromatic carbocycles. The van der Waals surface area contributed by atoms with Crippen molar-refractivity contribution < 1.29 is 13.9 Å². The van der Waals surface area contributed by atoms with E-state index < -0.39 is 6.55 Å². The van der Waals surface area contributed by atoms with E-state index in [1.807, 2.05) is 27.7 Å². The standard InChI is InChI=1S/C4H4F2N2O.2C2H6/c5-4(6)8-2-3(9)1-7-8;2*1-2/h1-2,4,9H;2*1-2H3. The fourth-order valence-corrected chi connectivity index (χ4v) is 0.435.